The van der Waals surface area contributed by atoms with E-state index in [1.807, 2.05) is 0 Å². The molecule has 0 aromatic heterocycles. The number of hydrogen-bond acceptors (Lipinski definition) is 4. The van der Waals surface area contributed by atoms with Crippen LogP contribution >= 0.6 is 0 Å². The number of Topliss-reactive ketones (excluding diaryl/α,β-unsaturated/α-hetero) is 1. The predicted octanol–water partition coefficient (Wildman–Crippen LogP) is 1.58. The molecular weight excluding hydrogens is 215 g/mol. The number of carbonyl (C=O) groups is 2. The number of ketones is 1. The zero-order valence-electron chi connectivity index (χ0n) is 8.95. The molecule has 0 bridgehead atoms. The van der Waals surface area contributed by atoms with Crippen molar-refractivity contribution in [3.05, 3.63) is 29.6 Å². The fraction of sp³-hybridized carbons (Fsp3) is 0.273. The standard InChI is InChI=1S/C11H11FO4/c1-3-16-11(14)10(13)7-5-4-6-8(15-2)9(7)12/h4-6H,3H2,1-2H3. The number of hydrogen-bond donors (Lipinski definition) is 0. The molecule has 0 fully saturated rings. The van der Waals surface area contributed by atoms with Crippen LogP contribution in [0, 0.1) is 5.82 Å². The van der Waals surface area contributed by atoms with Crippen molar-refractivity contribution in [1.82, 2.24) is 0 Å². The van der Waals surface area contributed by atoms with Crippen molar-refractivity contribution in [2.24, 2.45) is 0 Å². The summed E-state index contributed by atoms with van der Waals surface area (Å²) in [5, 5.41) is 0. The van der Waals surface area contributed by atoms with Crippen molar-refractivity contribution in [3.63, 3.8) is 0 Å². The minimum absolute atomic E-state index is 0.0656. The van der Waals surface area contributed by atoms with Gasteiger partial charge >= 0.3 is 5.97 Å². The van der Waals surface area contributed by atoms with Crippen molar-refractivity contribution >= 4 is 11.8 Å². The second-order valence-electron chi connectivity index (χ2n) is 2.87. The fourth-order valence-corrected chi connectivity index (χ4v) is 1.15. The highest BCUT2D eigenvalue weighted by Gasteiger charge is 2.22. The first-order valence-electron chi connectivity index (χ1n) is 4.65. The number of halogens is 1. The second kappa shape index (κ2) is 5.25. The van der Waals surface area contributed by atoms with E-state index >= 15 is 0 Å². The van der Waals surface area contributed by atoms with E-state index < -0.39 is 17.6 Å². The molecule has 0 aliphatic rings. The summed E-state index contributed by atoms with van der Waals surface area (Å²) >= 11 is 0. The van der Waals surface area contributed by atoms with E-state index in [9.17, 15) is 14.0 Å². The molecule has 1 rings (SSSR count). The Morgan fingerprint density at radius 2 is 2.06 bits per heavy atom. The van der Waals surface area contributed by atoms with Crippen molar-refractivity contribution in [2.75, 3.05) is 13.7 Å². The number of benzene rings is 1. The Morgan fingerprint density at radius 1 is 1.38 bits per heavy atom. The summed E-state index contributed by atoms with van der Waals surface area (Å²) in [6, 6.07) is 3.99. The van der Waals surface area contributed by atoms with Gasteiger partial charge in [0, 0.05) is 0 Å². The maximum Gasteiger partial charge on any atom is 0.379 e. The van der Waals surface area contributed by atoms with Crippen LogP contribution in [0.4, 0.5) is 4.39 Å². The summed E-state index contributed by atoms with van der Waals surface area (Å²) in [6.45, 7) is 1.63. The van der Waals surface area contributed by atoms with Gasteiger partial charge in [0.1, 0.15) is 0 Å². The van der Waals surface area contributed by atoms with Gasteiger partial charge in [-0.15, -0.1) is 0 Å². The molecule has 0 heterocycles. The quantitative estimate of drug-likeness (QED) is 0.444. The number of esters is 1. The van der Waals surface area contributed by atoms with Crippen LogP contribution in [0.1, 0.15) is 17.3 Å². The minimum Gasteiger partial charge on any atom is -0.494 e. The van der Waals surface area contributed by atoms with Gasteiger partial charge in [0.2, 0.25) is 0 Å². The summed E-state index contributed by atoms with van der Waals surface area (Å²) < 4.78 is 22.8. The minimum atomic E-state index is -1.07. The van der Waals surface area contributed by atoms with Gasteiger partial charge in [-0.3, -0.25) is 4.79 Å². The maximum absolute atomic E-state index is 13.6. The molecule has 0 amide bonds. The van der Waals surface area contributed by atoms with Crippen LogP contribution < -0.4 is 4.74 Å². The SMILES string of the molecule is CCOC(=O)C(=O)c1cccc(OC)c1F. The Hall–Kier alpha value is -1.91. The first-order chi connectivity index (χ1) is 7.61. The van der Waals surface area contributed by atoms with Crippen LogP contribution in [0.2, 0.25) is 0 Å². The van der Waals surface area contributed by atoms with Gasteiger partial charge in [-0.1, -0.05) is 6.07 Å². The third kappa shape index (κ3) is 2.36. The molecule has 0 radical (unpaired) electrons. The first kappa shape index (κ1) is 12.2. The van der Waals surface area contributed by atoms with Gasteiger partial charge < -0.3 is 9.47 Å². The Balaban J connectivity index is 3.04. The van der Waals surface area contributed by atoms with E-state index in [0.29, 0.717) is 0 Å². The van der Waals surface area contributed by atoms with Gasteiger partial charge in [0.15, 0.2) is 11.6 Å². The Kier molecular flexibility index (Phi) is 3.99. The Labute approximate surface area is 92.0 Å². The molecule has 0 aliphatic heterocycles. The number of methoxy groups -OCH3 is 1. The molecule has 0 N–H and O–H groups in total. The van der Waals surface area contributed by atoms with Gasteiger partial charge in [0.25, 0.3) is 5.78 Å². The monoisotopic (exact) mass is 226 g/mol. The molecule has 16 heavy (non-hydrogen) atoms. The average molecular weight is 226 g/mol. The second-order valence-corrected chi connectivity index (χ2v) is 2.87. The fourth-order valence-electron chi connectivity index (χ4n) is 1.15. The lowest BCUT2D eigenvalue weighted by Gasteiger charge is -2.05. The maximum atomic E-state index is 13.6. The van der Waals surface area contributed by atoms with Gasteiger partial charge in [-0.25, -0.2) is 9.18 Å². The Morgan fingerprint density at radius 3 is 2.62 bits per heavy atom. The molecule has 0 unspecified atom stereocenters. The predicted molar refractivity (Wildman–Crippen MR) is 53.9 cm³/mol. The van der Waals surface area contributed by atoms with Crippen molar-refractivity contribution in [2.45, 2.75) is 6.92 Å². The molecule has 86 valence electrons. The van der Waals surface area contributed by atoms with Crippen LogP contribution in [0.3, 0.4) is 0 Å². The van der Waals surface area contributed by atoms with Crippen molar-refractivity contribution in [1.29, 1.82) is 0 Å². The van der Waals surface area contributed by atoms with Gasteiger partial charge in [-0.05, 0) is 19.1 Å². The van der Waals surface area contributed by atoms with Gasteiger partial charge in [0.05, 0.1) is 19.3 Å². The molecule has 0 spiro atoms. The zero-order valence-corrected chi connectivity index (χ0v) is 8.95. The van der Waals surface area contributed by atoms with Crippen molar-refractivity contribution in [3.8, 4) is 5.75 Å². The average Bonchev–Trinajstić information content (AvgIpc) is 2.29. The van der Waals surface area contributed by atoms with Crippen molar-refractivity contribution < 1.29 is 23.5 Å². The highest BCUT2D eigenvalue weighted by Crippen LogP contribution is 2.20. The Bertz CT molecular complexity index is 414. The van der Waals surface area contributed by atoms with Gasteiger partial charge in [-0.2, -0.15) is 0 Å². The third-order valence-electron chi connectivity index (χ3n) is 1.89. The van der Waals surface area contributed by atoms with E-state index in [-0.39, 0.29) is 17.9 Å². The summed E-state index contributed by atoms with van der Waals surface area (Å²) in [5.74, 6) is -3.04. The van der Waals surface area contributed by atoms with Crippen LogP contribution in [-0.4, -0.2) is 25.5 Å². The molecular formula is C11H11FO4. The zero-order chi connectivity index (χ0) is 12.1. The summed E-state index contributed by atoms with van der Waals surface area (Å²) in [4.78, 5) is 22.6. The molecule has 0 atom stereocenters. The van der Waals surface area contributed by atoms with E-state index in [0.717, 1.165) is 0 Å². The first-order valence-corrected chi connectivity index (χ1v) is 4.65. The molecule has 5 heteroatoms. The normalized spacial score (nSPS) is 9.69. The molecule has 1 aromatic carbocycles. The topological polar surface area (TPSA) is 52.6 Å². The number of ether oxygens (including phenoxy) is 2. The van der Waals surface area contributed by atoms with E-state index in [4.69, 9.17) is 4.74 Å². The van der Waals surface area contributed by atoms with E-state index in [2.05, 4.69) is 4.74 Å². The molecule has 1 aromatic rings. The van der Waals surface area contributed by atoms with Crippen LogP contribution in [0.15, 0.2) is 18.2 Å². The summed E-state index contributed by atoms with van der Waals surface area (Å²) in [6.07, 6.45) is 0. The number of rotatable bonds is 4. The lowest BCUT2D eigenvalue weighted by atomic mass is 10.1. The van der Waals surface area contributed by atoms with Crippen LogP contribution in [0.5, 0.6) is 5.75 Å². The van der Waals surface area contributed by atoms with E-state index in [1.54, 1.807) is 6.92 Å². The summed E-state index contributed by atoms with van der Waals surface area (Å²) in [5.41, 5.74) is -0.349. The molecule has 0 aliphatic carbocycles. The highest BCUT2D eigenvalue weighted by atomic mass is 19.1. The third-order valence-corrected chi connectivity index (χ3v) is 1.89. The summed E-state index contributed by atoms with van der Waals surface area (Å²) in [7, 11) is 1.27. The molecule has 0 saturated carbocycles. The smallest absolute Gasteiger partial charge is 0.379 e. The molecule has 0 saturated heterocycles. The number of carbonyl (C=O) groups excluding carboxylic acids is 2. The van der Waals surface area contributed by atoms with Crippen LogP contribution in [0.25, 0.3) is 0 Å². The van der Waals surface area contributed by atoms with Crippen LogP contribution in [-0.2, 0) is 9.53 Å². The lowest BCUT2D eigenvalue weighted by molar-refractivity contribution is -0.137. The molecule has 4 nitrogen and oxygen atoms in total. The largest absolute Gasteiger partial charge is 0.494 e. The highest BCUT2D eigenvalue weighted by molar-refractivity contribution is 6.40. The van der Waals surface area contributed by atoms with E-state index in [1.165, 1.54) is 25.3 Å². The lowest BCUT2D eigenvalue weighted by Crippen LogP contribution is -2.19.